The fraction of sp³-hybridized carbons (Fsp3) is 0.583. The van der Waals surface area contributed by atoms with E-state index in [9.17, 15) is 0 Å². The number of nitrogens with zero attached hydrogens (tertiary/aromatic N) is 2. The SMILES string of the molecule is c1cc(CN2CC3(CCC3)C2)ccn1. The predicted molar refractivity (Wildman–Crippen MR) is 55.8 cm³/mol. The van der Waals surface area contributed by atoms with Gasteiger partial charge in [-0.3, -0.25) is 9.88 Å². The van der Waals surface area contributed by atoms with Gasteiger partial charge in [0.25, 0.3) is 0 Å². The van der Waals surface area contributed by atoms with Gasteiger partial charge < -0.3 is 0 Å². The summed E-state index contributed by atoms with van der Waals surface area (Å²) < 4.78 is 0. The van der Waals surface area contributed by atoms with E-state index in [4.69, 9.17) is 0 Å². The van der Waals surface area contributed by atoms with Crippen LogP contribution in [0.15, 0.2) is 24.5 Å². The first-order valence-corrected chi connectivity index (χ1v) is 5.48. The Bertz CT molecular complexity index is 308. The molecule has 2 aliphatic rings. The number of rotatable bonds is 2. The second kappa shape index (κ2) is 3.06. The van der Waals surface area contributed by atoms with Crippen molar-refractivity contribution >= 4 is 0 Å². The summed E-state index contributed by atoms with van der Waals surface area (Å²) in [6, 6.07) is 4.23. The maximum Gasteiger partial charge on any atom is 0.0271 e. The lowest BCUT2D eigenvalue weighted by Crippen LogP contribution is -2.58. The zero-order valence-corrected chi connectivity index (χ0v) is 8.45. The first-order valence-electron chi connectivity index (χ1n) is 5.48. The van der Waals surface area contributed by atoms with E-state index in [2.05, 4.69) is 22.0 Å². The van der Waals surface area contributed by atoms with Crippen LogP contribution in [0.5, 0.6) is 0 Å². The topological polar surface area (TPSA) is 16.1 Å². The van der Waals surface area contributed by atoms with Crippen LogP contribution in [0.3, 0.4) is 0 Å². The molecule has 2 fully saturated rings. The van der Waals surface area contributed by atoms with Gasteiger partial charge in [0.15, 0.2) is 0 Å². The van der Waals surface area contributed by atoms with Gasteiger partial charge >= 0.3 is 0 Å². The van der Waals surface area contributed by atoms with Gasteiger partial charge in [-0.2, -0.15) is 0 Å². The van der Waals surface area contributed by atoms with Crippen LogP contribution in [0.4, 0.5) is 0 Å². The lowest BCUT2D eigenvalue weighted by atomic mass is 9.63. The smallest absolute Gasteiger partial charge is 0.0271 e. The first kappa shape index (κ1) is 8.42. The summed E-state index contributed by atoms with van der Waals surface area (Å²) in [4.78, 5) is 6.58. The fourth-order valence-corrected chi connectivity index (χ4v) is 2.75. The number of aromatic nitrogens is 1. The summed E-state index contributed by atoms with van der Waals surface area (Å²) in [6.45, 7) is 3.77. The second-order valence-corrected chi connectivity index (χ2v) is 4.85. The van der Waals surface area contributed by atoms with E-state index in [0.29, 0.717) is 0 Å². The summed E-state index contributed by atoms with van der Waals surface area (Å²) in [5.41, 5.74) is 2.15. The highest BCUT2D eigenvalue weighted by Gasteiger charge is 2.46. The Hall–Kier alpha value is -0.890. The van der Waals surface area contributed by atoms with Crippen molar-refractivity contribution in [1.82, 2.24) is 9.88 Å². The molecular formula is C12H16N2. The van der Waals surface area contributed by atoms with Crippen LogP contribution in [0.25, 0.3) is 0 Å². The quantitative estimate of drug-likeness (QED) is 0.706. The molecule has 1 spiro atoms. The Morgan fingerprint density at radius 2 is 1.93 bits per heavy atom. The molecule has 1 saturated heterocycles. The maximum atomic E-state index is 4.03. The van der Waals surface area contributed by atoms with Crippen LogP contribution in [0, 0.1) is 5.41 Å². The minimum absolute atomic E-state index is 0.757. The summed E-state index contributed by atoms with van der Waals surface area (Å²) in [5.74, 6) is 0. The molecule has 2 heterocycles. The molecule has 0 radical (unpaired) electrons. The minimum Gasteiger partial charge on any atom is -0.298 e. The van der Waals surface area contributed by atoms with E-state index in [1.807, 2.05) is 12.4 Å². The molecule has 0 unspecified atom stereocenters. The summed E-state index contributed by atoms with van der Waals surface area (Å²) >= 11 is 0. The third-order valence-electron chi connectivity index (χ3n) is 3.69. The van der Waals surface area contributed by atoms with Gasteiger partial charge in [0, 0.05) is 32.0 Å². The summed E-state index contributed by atoms with van der Waals surface area (Å²) in [6.07, 6.45) is 8.17. The number of hydrogen-bond donors (Lipinski definition) is 0. The largest absolute Gasteiger partial charge is 0.298 e. The Balaban J connectivity index is 1.56. The highest BCUT2D eigenvalue weighted by atomic mass is 15.2. The van der Waals surface area contributed by atoms with E-state index in [-0.39, 0.29) is 0 Å². The van der Waals surface area contributed by atoms with Crippen molar-refractivity contribution in [3.63, 3.8) is 0 Å². The normalized spacial score (nSPS) is 24.3. The van der Waals surface area contributed by atoms with Crippen molar-refractivity contribution in [2.45, 2.75) is 25.8 Å². The van der Waals surface area contributed by atoms with Crippen LogP contribution < -0.4 is 0 Å². The lowest BCUT2D eigenvalue weighted by Gasteiger charge is -2.56. The highest BCUT2D eigenvalue weighted by molar-refractivity contribution is 5.11. The molecule has 0 N–H and O–H groups in total. The average Bonchev–Trinajstić information content (AvgIpc) is 2.09. The van der Waals surface area contributed by atoms with Gasteiger partial charge in [0.1, 0.15) is 0 Å². The van der Waals surface area contributed by atoms with Crippen molar-refractivity contribution in [3.05, 3.63) is 30.1 Å². The van der Waals surface area contributed by atoms with Gasteiger partial charge in [0.2, 0.25) is 0 Å². The Labute approximate surface area is 85.0 Å². The maximum absolute atomic E-state index is 4.03. The molecule has 0 bridgehead atoms. The zero-order chi connectivity index (χ0) is 9.43. The zero-order valence-electron chi connectivity index (χ0n) is 8.45. The first-order chi connectivity index (χ1) is 6.86. The standard InChI is InChI=1S/C12H16N2/c1-4-12(5-1)9-14(10-12)8-11-2-6-13-7-3-11/h2-3,6-7H,1,4-5,8-10H2. The van der Waals surface area contributed by atoms with Crippen molar-refractivity contribution in [2.75, 3.05) is 13.1 Å². The van der Waals surface area contributed by atoms with E-state index in [1.165, 1.54) is 37.9 Å². The molecule has 0 aromatic carbocycles. The van der Waals surface area contributed by atoms with Crippen molar-refractivity contribution < 1.29 is 0 Å². The van der Waals surface area contributed by atoms with Crippen LogP contribution in [-0.2, 0) is 6.54 Å². The number of hydrogen-bond acceptors (Lipinski definition) is 2. The summed E-state index contributed by atoms with van der Waals surface area (Å²) in [5, 5.41) is 0. The fourth-order valence-electron chi connectivity index (χ4n) is 2.75. The van der Waals surface area contributed by atoms with Gasteiger partial charge in [-0.1, -0.05) is 6.42 Å². The molecule has 1 aromatic rings. The molecule has 2 heteroatoms. The highest BCUT2D eigenvalue weighted by Crippen LogP contribution is 2.48. The van der Waals surface area contributed by atoms with E-state index in [0.717, 1.165) is 12.0 Å². The van der Waals surface area contributed by atoms with Gasteiger partial charge in [-0.05, 0) is 36.0 Å². The van der Waals surface area contributed by atoms with Crippen molar-refractivity contribution in [1.29, 1.82) is 0 Å². The molecule has 3 rings (SSSR count). The van der Waals surface area contributed by atoms with Gasteiger partial charge in [-0.15, -0.1) is 0 Å². The van der Waals surface area contributed by atoms with Crippen LogP contribution in [0.2, 0.25) is 0 Å². The molecule has 0 atom stereocenters. The molecule has 1 aliphatic carbocycles. The monoisotopic (exact) mass is 188 g/mol. The molecule has 14 heavy (non-hydrogen) atoms. The van der Waals surface area contributed by atoms with Gasteiger partial charge in [-0.25, -0.2) is 0 Å². The Morgan fingerprint density at radius 1 is 1.21 bits per heavy atom. The van der Waals surface area contributed by atoms with E-state index >= 15 is 0 Å². The van der Waals surface area contributed by atoms with Gasteiger partial charge in [0.05, 0.1) is 0 Å². The lowest BCUT2D eigenvalue weighted by molar-refractivity contribution is -0.0645. The third kappa shape index (κ3) is 1.34. The second-order valence-electron chi connectivity index (χ2n) is 4.85. The molecule has 1 aromatic heterocycles. The third-order valence-corrected chi connectivity index (χ3v) is 3.69. The minimum atomic E-state index is 0.757. The predicted octanol–water partition coefficient (Wildman–Crippen LogP) is 2.07. The molecule has 2 nitrogen and oxygen atoms in total. The Morgan fingerprint density at radius 3 is 2.50 bits per heavy atom. The molecule has 1 aliphatic heterocycles. The summed E-state index contributed by atoms with van der Waals surface area (Å²) in [7, 11) is 0. The van der Waals surface area contributed by atoms with Crippen LogP contribution in [0.1, 0.15) is 24.8 Å². The van der Waals surface area contributed by atoms with Crippen LogP contribution in [-0.4, -0.2) is 23.0 Å². The number of likely N-dealkylation sites (tertiary alicyclic amines) is 1. The molecule has 1 saturated carbocycles. The van der Waals surface area contributed by atoms with Crippen molar-refractivity contribution in [2.24, 2.45) is 5.41 Å². The molecule has 0 amide bonds. The number of pyridine rings is 1. The van der Waals surface area contributed by atoms with Crippen molar-refractivity contribution in [3.8, 4) is 0 Å². The molecule has 74 valence electrons. The van der Waals surface area contributed by atoms with E-state index in [1.54, 1.807) is 0 Å². The van der Waals surface area contributed by atoms with E-state index < -0.39 is 0 Å². The molecular weight excluding hydrogens is 172 g/mol. The average molecular weight is 188 g/mol. The Kier molecular flexibility index (Phi) is 1.84. The van der Waals surface area contributed by atoms with Crippen LogP contribution >= 0.6 is 0 Å².